The number of hydrogen-bond acceptors (Lipinski definition) is 4. The Morgan fingerprint density at radius 3 is 2.74 bits per heavy atom. The molecule has 3 atom stereocenters. The van der Waals surface area contributed by atoms with Crippen LogP contribution >= 0.6 is 0 Å². The van der Waals surface area contributed by atoms with Crippen LogP contribution < -0.4 is 5.73 Å². The van der Waals surface area contributed by atoms with Crippen LogP contribution in [0.3, 0.4) is 0 Å². The first kappa shape index (κ1) is 16.4. The van der Waals surface area contributed by atoms with Crippen LogP contribution in [-0.4, -0.2) is 52.9 Å². The van der Waals surface area contributed by atoms with Gasteiger partial charge in [0.2, 0.25) is 5.91 Å². The molecule has 1 saturated heterocycles. The van der Waals surface area contributed by atoms with Crippen molar-refractivity contribution in [3.05, 3.63) is 30.1 Å². The van der Waals surface area contributed by atoms with Crippen LogP contribution in [0.25, 0.3) is 0 Å². The maximum absolute atomic E-state index is 12.7. The maximum Gasteiger partial charge on any atom is 0.225 e. The van der Waals surface area contributed by atoms with Gasteiger partial charge in [-0.25, -0.2) is 0 Å². The van der Waals surface area contributed by atoms with E-state index in [9.17, 15) is 4.79 Å². The third-order valence-corrected chi connectivity index (χ3v) is 5.40. The molecule has 126 valence electrons. The molecule has 1 aliphatic heterocycles. The van der Waals surface area contributed by atoms with Gasteiger partial charge in [-0.1, -0.05) is 12.5 Å². The molecule has 1 aromatic rings. The van der Waals surface area contributed by atoms with Gasteiger partial charge in [0.05, 0.1) is 0 Å². The summed E-state index contributed by atoms with van der Waals surface area (Å²) in [6.07, 6.45) is 7.78. The minimum Gasteiger partial charge on any atom is -0.340 e. The van der Waals surface area contributed by atoms with E-state index in [-0.39, 0.29) is 12.0 Å². The fourth-order valence-electron chi connectivity index (χ4n) is 3.87. The van der Waals surface area contributed by atoms with Gasteiger partial charge < -0.3 is 10.6 Å². The van der Waals surface area contributed by atoms with Crippen LogP contribution in [-0.2, 0) is 4.79 Å². The molecule has 1 aromatic heterocycles. The summed E-state index contributed by atoms with van der Waals surface area (Å²) >= 11 is 0. The third kappa shape index (κ3) is 3.90. The smallest absolute Gasteiger partial charge is 0.225 e. The van der Waals surface area contributed by atoms with Crippen molar-refractivity contribution in [2.45, 2.75) is 44.7 Å². The fraction of sp³-hybridized carbons (Fsp3) is 0.667. The van der Waals surface area contributed by atoms with E-state index in [0.717, 1.165) is 51.9 Å². The number of rotatable bonds is 3. The quantitative estimate of drug-likeness (QED) is 0.924. The summed E-state index contributed by atoms with van der Waals surface area (Å²) in [5.74, 6) is 0.481. The molecule has 0 unspecified atom stereocenters. The highest BCUT2D eigenvalue weighted by Crippen LogP contribution is 2.26. The summed E-state index contributed by atoms with van der Waals surface area (Å²) in [6, 6.07) is 4.67. The Kier molecular flexibility index (Phi) is 5.28. The first-order valence-electron chi connectivity index (χ1n) is 8.83. The van der Waals surface area contributed by atoms with Crippen LogP contribution in [0, 0.1) is 5.92 Å². The van der Waals surface area contributed by atoms with Gasteiger partial charge in [0.15, 0.2) is 0 Å². The Hall–Kier alpha value is -1.46. The van der Waals surface area contributed by atoms with Crippen molar-refractivity contribution in [2.75, 3.05) is 26.2 Å². The lowest BCUT2D eigenvalue weighted by Crippen LogP contribution is -2.51. The lowest BCUT2D eigenvalue weighted by molar-refractivity contribution is -0.138. The molecule has 3 rings (SSSR count). The lowest BCUT2D eigenvalue weighted by atomic mass is 9.85. The van der Waals surface area contributed by atoms with E-state index in [0.29, 0.717) is 11.9 Å². The molecular formula is C18H28N4O. The van der Waals surface area contributed by atoms with Gasteiger partial charge in [0, 0.05) is 56.6 Å². The largest absolute Gasteiger partial charge is 0.340 e. The van der Waals surface area contributed by atoms with Gasteiger partial charge in [0.1, 0.15) is 0 Å². The molecular weight excluding hydrogens is 288 g/mol. The second-order valence-electron chi connectivity index (χ2n) is 6.95. The van der Waals surface area contributed by atoms with Gasteiger partial charge in [0.25, 0.3) is 0 Å². The lowest BCUT2D eigenvalue weighted by Gasteiger charge is -2.40. The zero-order valence-electron chi connectivity index (χ0n) is 14.0. The van der Waals surface area contributed by atoms with Crippen molar-refractivity contribution in [2.24, 2.45) is 11.7 Å². The molecule has 0 bridgehead atoms. The van der Waals surface area contributed by atoms with Crippen LogP contribution in [0.1, 0.15) is 44.2 Å². The second-order valence-corrected chi connectivity index (χ2v) is 6.95. The molecule has 0 radical (unpaired) electrons. The Balaban J connectivity index is 1.53. The molecule has 0 aromatic carbocycles. The van der Waals surface area contributed by atoms with Crippen LogP contribution in [0.5, 0.6) is 0 Å². The summed E-state index contributed by atoms with van der Waals surface area (Å²) in [5.41, 5.74) is 7.27. The summed E-state index contributed by atoms with van der Waals surface area (Å²) in [7, 11) is 0. The Labute approximate surface area is 138 Å². The fourth-order valence-corrected chi connectivity index (χ4v) is 3.87. The monoisotopic (exact) mass is 316 g/mol. The molecule has 0 spiro atoms. The Bertz CT molecular complexity index is 513. The third-order valence-electron chi connectivity index (χ3n) is 5.40. The van der Waals surface area contributed by atoms with Crippen LogP contribution in [0.2, 0.25) is 0 Å². The van der Waals surface area contributed by atoms with E-state index in [1.165, 1.54) is 5.56 Å². The minimum atomic E-state index is 0.154. The standard InChI is InChI=1S/C18H28N4O/c1-14(16-5-3-7-20-13-16)21-8-10-22(11-9-21)18(23)15-4-2-6-17(19)12-15/h3,5,7,13-15,17H,2,4,6,8-12,19H2,1H3/t14-,15+,17-/m1/s1. The zero-order valence-corrected chi connectivity index (χ0v) is 14.0. The van der Waals surface area contributed by atoms with Gasteiger partial charge >= 0.3 is 0 Å². The van der Waals surface area contributed by atoms with Crippen molar-refractivity contribution >= 4 is 5.91 Å². The normalized spacial score (nSPS) is 27.7. The van der Waals surface area contributed by atoms with Crippen molar-refractivity contribution in [1.29, 1.82) is 0 Å². The molecule has 2 heterocycles. The predicted molar refractivity (Wildman–Crippen MR) is 90.7 cm³/mol. The first-order valence-corrected chi connectivity index (χ1v) is 8.83. The van der Waals surface area contributed by atoms with E-state index in [1.807, 2.05) is 18.5 Å². The van der Waals surface area contributed by atoms with Crippen LogP contribution in [0.15, 0.2) is 24.5 Å². The molecule has 1 amide bonds. The number of nitrogens with two attached hydrogens (primary N) is 1. The van der Waals surface area contributed by atoms with Crippen molar-refractivity contribution in [3.8, 4) is 0 Å². The second kappa shape index (κ2) is 7.41. The number of piperazine rings is 1. The van der Waals surface area contributed by atoms with Crippen molar-refractivity contribution < 1.29 is 4.79 Å². The molecule has 5 nitrogen and oxygen atoms in total. The number of hydrogen-bond donors (Lipinski definition) is 1. The molecule has 1 saturated carbocycles. The van der Waals surface area contributed by atoms with E-state index in [1.54, 1.807) is 0 Å². The maximum atomic E-state index is 12.7. The average molecular weight is 316 g/mol. The molecule has 23 heavy (non-hydrogen) atoms. The number of carbonyl (C=O) groups is 1. The minimum absolute atomic E-state index is 0.154. The summed E-state index contributed by atoms with van der Waals surface area (Å²) in [5, 5.41) is 0. The van der Waals surface area contributed by atoms with Crippen molar-refractivity contribution in [3.63, 3.8) is 0 Å². The van der Waals surface area contributed by atoms with Gasteiger partial charge in [-0.15, -0.1) is 0 Å². The molecule has 1 aliphatic carbocycles. The van der Waals surface area contributed by atoms with E-state index in [2.05, 4.69) is 27.8 Å². The van der Waals surface area contributed by atoms with E-state index in [4.69, 9.17) is 5.73 Å². The molecule has 2 fully saturated rings. The first-order chi connectivity index (χ1) is 11.1. The van der Waals surface area contributed by atoms with E-state index >= 15 is 0 Å². The number of carbonyl (C=O) groups excluding carboxylic acids is 1. The Morgan fingerprint density at radius 2 is 2.09 bits per heavy atom. The van der Waals surface area contributed by atoms with E-state index < -0.39 is 0 Å². The van der Waals surface area contributed by atoms with Crippen molar-refractivity contribution in [1.82, 2.24) is 14.8 Å². The highest BCUT2D eigenvalue weighted by atomic mass is 16.2. The van der Waals surface area contributed by atoms with Gasteiger partial charge in [-0.3, -0.25) is 14.7 Å². The predicted octanol–water partition coefficient (Wildman–Crippen LogP) is 1.80. The summed E-state index contributed by atoms with van der Waals surface area (Å²) in [4.78, 5) is 21.4. The van der Waals surface area contributed by atoms with Gasteiger partial charge in [-0.2, -0.15) is 0 Å². The van der Waals surface area contributed by atoms with Gasteiger partial charge in [-0.05, 0) is 37.8 Å². The number of nitrogens with zero attached hydrogens (tertiary/aromatic N) is 3. The number of aromatic nitrogens is 1. The Morgan fingerprint density at radius 1 is 1.30 bits per heavy atom. The topological polar surface area (TPSA) is 62.5 Å². The average Bonchev–Trinajstić information content (AvgIpc) is 2.61. The number of pyridine rings is 1. The zero-order chi connectivity index (χ0) is 16.2. The van der Waals surface area contributed by atoms with Crippen LogP contribution in [0.4, 0.5) is 0 Å². The molecule has 2 aliphatic rings. The molecule has 5 heteroatoms. The number of amides is 1. The highest BCUT2D eigenvalue weighted by Gasteiger charge is 2.31. The molecule has 2 N–H and O–H groups in total. The SMILES string of the molecule is C[C@H](c1cccnc1)N1CCN(C(=O)[C@H]2CCC[C@@H](N)C2)CC1. The highest BCUT2D eigenvalue weighted by molar-refractivity contribution is 5.79. The summed E-state index contributed by atoms with van der Waals surface area (Å²) in [6.45, 7) is 5.74. The summed E-state index contributed by atoms with van der Waals surface area (Å²) < 4.78 is 0.